The van der Waals surface area contributed by atoms with E-state index in [2.05, 4.69) is 5.32 Å². The molecule has 0 radical (unpaired) electrons. The molecule has 0 aliphatic carbocycles. The molecule has 0 aromatic heterocycles. The van der Waals surface area contributed by atoms with E-state index in [4.69, 9.17) is 9.84 Å². The van der Waals surface area contributed by atoms with Crippen molar-refractivity contribution in [1.29, 1.82) is 0 Å². The fourth-order valence-corrected chi connectivity index (χ4v) is 2.14. The first-order valence-electron chi connectivity index (χ1n) is 7.09. The molecule has 5 heteroatoms. The molecule has 1 heterocycles. The van der Waals surface area contributed by atoms with Crippen LogP contribution in [0.4, 0.5) is 0 Å². The van der Waals surface area contributed by atoms with Crippen LogP contribution < -0.4 is 10.1 Å². The van der Waals surface area contributed by atoms with Crippen molar-refractivity contribution in [3.63, 3.8) is 0 Å². The lowest BCUT2D eigenvalue weighted by molar-refractivity contribution is -0.137. The third kappa shape index (κ3) is 4.63. The highest BCUT2D eigenvalue weighted by Gasteiger charge is 2.16. The van der Waals surface area contributed by atoms with E-state index in [1.54, 1.807) is 0 Å². The van der Waals surface area contributed by atoms with E-state index >= 15 is 0 Å². The first-order valence-corrected chi connectivity index (χ1v) is 7.09. The summed E-state index contributed by atoms with van der Waals surface area (Å²) in [6.07, 6.45) is 4.25. The third-order valence-corrected chi connectivity index (χ3v) is 3.28. The van der Waals surface area contributed by atoms with E-state index in [0.717, 1.165) is 24.2 Å². The SMILES string of the molecule is O=C(O)CCCCCNC(=O)C1=Cc2ccccc2OC1. The normalized spacial score (nSPS) is 12.9. The number of carbonyl (C=O) groups is 2. The van der Waals surface area contributed by atoms with E-state index < -0.39 is 5.97 Å². The first-order chi connectivity index (χ1) is 10.2. The molecule has 21 heavy (non-hydrogen) atoms. The number of hydrogen-bond acceptors (Lipinski definition) is 3. The Morgan fingerprint density at radius 3 is 2.81 bits per heavy atom. The van der Waals surface area contributed by atoms with Crippen molar-refractivity contribution >= 4 is 18.0 Å². The van der Waals surface area contributed by atoms with Crippen LogP contribution in [0.3, 0.4) is 0 Å². The minimum atomic E-state index is -0.776. The highest BCUT2D eigenvalue weighted by atomic mass is 16.5. The number of aliphatic carboxylic acids is 1. The maximum atomic E-state index is 12.0. The molecule has 0 bridgehead atoms. The molecular formula is C16H19NO4. The molecule has 0 unspecified atom stereocenters. The summed E-state index contributed by atoms with van der Waals surface area (Å²) in [5, 5.41) is 11.4. The molecule has 2 rings (SSSR count). The minimum Gasteiger partial charge on any atom is -0.488 e. The van der Waals surface area contributed by atoms with E-state index in [1.165, 1.54) is 0 Å². The largest absolute Gasteiger partial charge is 0.488 e. The average molecular weight is 289 g/mol. The number of hydrogen-bond donors (Lipinski definition) is 2. The van der Waals surface area contributed by atoms with E-state index in [1.807, 2.05) is 30.3 Å². The highest BCUT2D eigenvalue weighted by molar-refractivity contribution is 5.99. The van der Waals surface area contributed by atoms with Crippen molar-refractivity contribution in [3.8, 4) is 5.75 Å². The lowest BCUT2D eigenvalue weighted by atomic mass is 10.1. The van der Waals surface area contributed by atoms with Crippen LogP contribution in [0, 0.1) is 0 Å². The predicted molar refractivity (Wildman–Crippen MR) is 79.0 cm³/mol. The van der Waals surface area contributed by atoms with Crippen molar-refractivity contribution in [1.82, 2.24) is 5.32 Å². The fourth-order valence-electron chi connectivity index (χ4n) is 2.14. The smallest absolute Gasteiger partial charge is 0.303 e. The topological polar surface area (TPSA) is 75.6 Å². The van der Waals surface area contributed by atoms with Gasteiger partial charge in [-0.25, -0.2) is 0 Å². The quantitative estimate of drug-likeness (QED) is 0.755. The van der Waals surface area contributed by atoms with Gasteiger partial charge in [-0.05, 0) is 25.0 Å². The van der Waals surface area contributed by atoms with E-state index in [9.17, 15) is 9.59 Å². The van der Waals surface area contributed by atoms with Gasteiger partial charge in [0, 0.05) is 18.5 Å². The Kier molecular flexibility index (Phi) is 5.37. The zero-order valence-corrected chi connectivity index (χ0v) is 11.8. The number of carboxylic acids is 1. The number of carbonyl (C=O) groups excluding carboxylic acids is 1. The molecule has 1 aliphatic rings. The second kappa shape index (κ2) is 7.47. The molecule has 5 nitrogen and oxygen atoms in total. The Hall–Kier alpha value is -2.30. The summed E-state index contributed by atoms with van der Waals surface area (Å²) in [5.41, 5.74) is 1.52. The Bertz CT molecular complexity index is 551. The first kappa shape index (κ1) is 15.1. The molecule has 0 spiro atoms. The van der Waals surface area contributed by atoms with Gasteiger partial charge in [-0.1, -0.05) is 24.6 Å². The summed E-state index contributed by atoms with van der Waals surface area (Å²) in [5.74, 6) is -0.104. The van der Waals surface area contributed by atoms with Gasteiger partial charge in [-0.15, -0.1) is 0 Å². The minimum absolute atomic E-state index is 0.122. The highest BCUT2D eigenvalue weighted by Crippen LogP contribution is 2.25. The Labute approximate surface area is 123 Å². The number of para-hydroxylation sites is 1. The van der Waals surface area contributed by atoms with Crippen LogP contribution in [0.5, 0.6) is 5.75 Å². The number of amides is 1. The van der Waals surface area contributed by atoms with Crippen LogP contribution in [-0.4, -0.2) is 30.1 Å². The molecule has 0 atom stereocenters. The van der Waals surface area contributed by atoms with E-state index in [0.29, 0.717) is 18.5 Å². The number of carboxylic acid groups (broad SMARTS) is 1. The summed E-state index contributed by atoms with van der Waals surface area (Å²) in [6, 6.07) is 7.59. The second-order valence-electron chi connectivity index (χ2n) is 4.96. The lowest BCUT2D eigenvalue weighted by Crippen LogP contribution is -2.29. The molecule has 1 aliphatic heterocycles. The maximum absolute atomic E-state index is 12.0. The average Bonchev–Trinajstić information content (AvgIpc) is 2.49. The fraction of sp³-hybridized carbons (Fsp3) is 0.375. The third-order valence-electron chi connectivity index (χ3n) is 3.28. The monoisotopic (exact) mass is 289 g/mol. The van der Waals surface area contributed by atoms with Crippen LogP contribution >= 0.6 is 0 Å². The van der Waals surface area contributed by atoms with Gasteiger partial charge in [-0.2, -0.15) is 0 Å². The number of unbranched alkanes of at least 4 members (excludes halogenated alkanes) is 2. The van der Waals surface area contributed by atoms with Crippen LogP contribution in [0.25, 0.3) is 6.08 Å². The standard InChI is InChI=1S/C16H19NO4/c18-15(19)8-2-1-5-9-17-16(20)13-10-12-6-3-4-7-14(12)21-11-13/h3-4,6-7,10H,1-2,5,8-9,11H2,(H,17,20)(H,18,19). The number of rotatable bonds is 7. The zero-order valence-electron chi connectivity index (χ0n) is 11.8. The molecule has 0 fully saturated rings. The van der Waals surface area contributed by atoms with Crippen LogP contribution in [0.2, 0.25) is 0 Å². The van der Waals surface area contributed by atoms with Crippen molar-refractivity contribution in [2.75, 3.05) is 13.2 Å². The molecule has 1 amide bonds. The van der Waals surface area contributed by atoms with Crippen LogP contribution in [0.15, 0.2) is 29.8 Å². The Morgan fingerprint density at radius 1 is 1.19 bits per heavy atom. The summed E-state index contributed by atoms with van der Waals surface area (Å²) in [4.78, 5) is 22.4. The number of nitrogens with one attached hydrogen (secondary N) is 1. The number of ether oxygens (including phenoxy) is 1. The molecule has 1 aromatic carbocycles. The predicted octanol–water partition coefficient (Wildman–Crippen LogP) is 2.22. The molecule has 1 aromatic rings. The lowest BCUT2D eigenvalue weighted by Gasteiger charge is -2.17. The molecule has 0 saturated carbocycles. The molecule has 112 valence electrons. The van der Waals surface area contributed by atoms with Crippen LogP contribution in [-0.2, 0) is 9.59 Å². The Morgan fingerprint density at radius 2 is 2.00 bits per heavy atom. The number of benzene rings is 1. The summed E-state index contributed by atoms with van der Waals surface area (Å²) < 4.78 is 5.53. The summed E-state index contributed by atoms with van der Waals surface area (Å²) >= 11 is 0. The van der Waals surface area contributed by atoms with Gasteiger partial charge >= 0.3 is 5.97 Å². The van der Waals surface area contributed by atoms with Crippen molar-refractivity contribution in [2.24, 2.45) is 0 Å². The van der Waals surface area contributed by atoms with Crippen LogP contribution in [0.1, 0.15) is 31.2 Å². The van der Waals surface area contributed by atoms with Gasteiger partial charge in [0.2, 0.25) is 0 Å². The van der Waals surface area contributed by atoms with Crippen molar-refractivity contribution in [2.45, 2.75) is 25.7 Å². The van der Waals surface area contributed by atoms with Gasteiger partial charge in [0.15, 0.2) is 0 Å². The van der Waals surface area contributed by atoms with E-state index in [-0.39, 0.29) is 18.9 Å². The second-order valence-corrected chi connectivity index (χ2v) is 4.96. The summed E-state index contributed by atoms with van der Waals surface area (Å²) in [7, 11) is 0. The summed E-state index contributed by atoms with van der Waals surface area (Å²) in [6.45, 7) is 0.833. The van der Waals surface area contributed by atoms with Crippen molar-refractivity contribution in [3.05, 3.63) is 35.4 Å². The maximum Gasteiger partial charge on any atom is 0.303 e. The number of fused-ring (bicyclic) bond motifs is 1. The van der Waals surface area contributed by atoms with Gasteiger partial charge in [0.1, 0.15) is 12.4 Å². The molecule has 0 saturated heterocycles. The van der Waals surface area contributed by atoms with Gasteiger partial charge < -0.3 is 15.2 Å². The van der Waals surface area contributed by atoms with Gasteiger partial charge in [-0.3, -0.25) is 9.59 Å². The van der Waals surface area contributed by atoms with Crippen molar-refractivity contribution < 1.29 is 19.4 Å². The Balaban J connectivity index is 1.75. The molecule has 2 N–H and O–H groups in total. The van der Waals surface area contributed by atoms with Gasteiger partial charge in [0.05, 0.1) is 5.57 Å². The zero-order chi connectivity index (χ0) is 15.1. The van der Waals surface area contributed by atoms with Gasteiger partial charge in [0.25, 0.3) is 5.91 Å². The molecular weight excluding hydrogens is 270 g/mol.